The van der Waals surface area contributed by atoms with Crippen LogP contribution in [0.5, 0.6) is 0 Å². The third-order valence-corrected chi connectivity index (χ3v) is 5.91. The van der Waals surface area contributed by atoms with E-state index < -0.39 is 0 Å². The molecule has 1 fully saturated rings. The quantitative estimate of drug-likeness (QED) is 0.618. The van der Waals surface area contributed by atoms with Gasteiger partial charge in [0.15, 0.2) is 5.82 Å². The average molecular weight is 395 g/mol. The molecule has 4 nitrogen and oxygen atoms in total. The standard InChI is InChI=1S/C23H27ClN4/c1-27-22(17-19-7-9-21(24)10-8-19)25-23(26-27)20-12-15-28(16-13-20)14-11-18-5-3-2-4-6-18/h2-10,20H,11-17H2,1H3. The SMILES string of the molecule is Cn1nc(C2CCN(CCc3ccccc3)CC2)nc1Cc1ccc(Cl)cc1. The Hall–Kier alpha value is -2.17. The summed E-state index contributed by atoms with van der Waals surface area (Å²) in [4.78, 5) is 7.44. The molecule has 0 unspecified atom stereocenters. The zero-order valence-corrected chi connectivity index (χ0v) is 17.1. The van der Waals surface area contributed by atoms with Crippen LogP contribution in [-0.4, -0.2) is 39.3 Å². The van der Waals surface area contributed by atoms with Gasteiger partial charge in [-0.05, 0) is 55.6 Å². The molecular weight excluding hydrogens is 368 g/mol. The lowest BCUT2D eigenvalue weighted by Gasteiger charge is -2.30. The fourth-order valence-corrected chi connectivity index (χ4v) is 4.02. The Balaban J connectivity index is 1.31. The first-order valence-corrected chi connectivity index (χ1v) is 10.5. The lowest BCUT2D eigenvalue weighted by Crippen LogP contribution is -2.34. The van der Waals surface area contributed by atoms with Crippen LogP contribution in [0.4, 0.5) is 0 Å². The second-order valence-electron chi connectivity index (χ2n) is 7.66. The van der Waals surface area contributed by atoms with Crippen molar-refractivity contribution in [2.75, 3.05) is 19.6 Å². The van der Waals surface area contributed by atoms with Gasteiger partial charge in [-0.2, -0.15) is 5.10 Å². The predicted octanol–water partition coefficient (Wildman–Crippen LogP) is 4.48. The maximum Gasteiger partial charge on any atom is 0.154 e. The van der Waals surface area contributed by atoms with Gasteiger partial charge in [0.25, 0.3) is 0 Å². The number of likely N-dealkylation sites (tertiary alicyclic amines) is 1. The van der Waals surface area contributed by atoms with E-state index >= 15 is 0 Å². The summed E-state index contributed by atoms with van der Waals surface area (Å²) in [7, 11) is 2.00. The Labute approximate surface area is 172 Å². The number of halogens is 1. The maximum atomic E-state index is 5.98. The topological polar surface area (TPSA) is 34.0 Å². The molecule has 3 aromatic rings. The van der Waals surface area contributed by atoms with E-state index in [0.29, 0.717) is 5.92 Å². The van der Waals surface area contributed by atoms with E-state index in [1.807, 2.05) is 23.9 Å². The molecule has 0 N–H and O–H groups in total. The van der Waals surface area contributed by atoms with E-state index in [4.69, 9.17) is 21.7 Å². The maximum absolute atomic E-state index is 5.98. The number of hydrogen-bond donors (Lipinski definition) is 0. The summed E-state index contributed by atoms with van der Waals surface area (Å²) in [5, 5.41) is 5.49. The molecule has 0 radical (unpaired) electrons. The third-order valence-electron chi connectivity index (χ3n) is 5.66. The number of benzene rings is 2. The highest BCUT2D eigenvalue weighted by Gasteiger charge is 2.24. The Morgan fingerprint density at radius 3 is 2.39 bits per heavy atom. The molecule has 0 atom stereocenters. The van der Waals surface area contributed by atoms with Gasteiger partial charge in [0, 0.05) is 31.0 Å². The second-order valence-corrected chi connectivity index (χ2v) is 8.10. The highest BCUT2D eigenvalue weighted by Crippen LogP contribution is 2.26. The van der Waals surface area contributed by atoms with Crippen molar-refractivity contribution in [3.63, 3.8) is 0 Å². The first-order valence-electron chi connectivity index (χ1n) is 10.1. The monoisotopic (exact) mass is 394 g/mol. The van der Waals surface area contributed by atoms with Crippen LogP contribution in [0.3, 0.4) is 0 Å². The molecule has 28 heavy (non-hydrogen) atoms. The van der Waals surface area contributed by atoms with E-state index in [0.717, 1.165) is 62.0 Å². The van der Waals surface area contributed by atoms with Crippen LogP contribution in [0.25, 0.3) is 0 Å². The normalized spacial score (nSPS) is 15.8. The number of nitrogens with zero attached hydrogens (tertiary/aromatic N) is 4. The average Bonchev–Trinajstić information content (AvgIpc) is 3.09. The summed E-state index contributed by atoms with van der Waals surface area (Å²) < 4.78 is 1.94. The molecule has 146 valence electrons. The smallest absolute Gasteiger partial charge is 0.154 e. The van der Waals surface area contributed by atoms with Crippen molar-refractivity contribution >= 4 is 11.6 Å². The Kier molecular flexibility index (Phi) is 6.08. The number of hydrogen-bond acceptors (Lipinski definition) is 3. The van der Waals surface area contributed by atoms with Gasteiger partial charge in [-0.1, -0.05) is 54.1 Å². The van der Waals surface area contributed by atoms with Crippen molar-refractivity contribution in [2.24, 2.45) is 7.05 Å². The second kappa shape index (κ2) is 8.89. The number of aromatic nitrogens is 3. The van der Waals surface area contributed by atoms with Crippen LogP contribution in [0, 0.1) is 0 Å². The lowest BCUT2D eigenvalue weighted by molar-refractivity contribution is 0.211. The summed E-state index contributed by atoms with van der Waals surface area (Å²) in [6.07, 6.45) is 4.19. The van der Waals surface area contributed by atoms with E-state index in [1.165, 1.54) is 11.1 Å². The van der Waals surface area contributed by atoms with Crippen LogP contribution < -0.4 is 0 Å². The molecular formula is C23H27ClN4. The Morgan fingerprint density at radius 2 is 1.68 bits per heavy atom. The molecule has 1 aliphatic rings. The van der Waals surface area contributed by atoms with E-state index in [2.05, 4.69) is 47.4 Å². The van der Waals surface area contributed by atoms with Crippen LogP contribution in [0.2, 0.25) is 5.02 Å². The molecule has 5 heteroatoms. The number of aryl methyl sites for hydroxylation is 1. The minimum atomic E-state index is 0.471. The molecule has 0 amide bonds. The van der Waals surface area contributed by atoms with Gasteiger partial charge >= 0.3 is 0 Å². The van der Waals surface area contributed by atoms with Gasteiger partial charge in [0.1, 0.15) is 5.82 Å². The van der Waals surface area contributed by atoms with E-state index in [1.54, 1.807) is 0 Å². The van der Waals surface area contributed by atoms with E-state index in [-0.39, 0.29) is 0 Å². The number of rotatable bonds is 6. The van der Waals surface area contributed by atoms with Gasteiger partial charge in [0.2, 0.25) is 0 Å². The summed E-state index contributed by atoms with van der Waals surface area (Å²) in [6.45, 7) is 3.39. The van der Waals surface area contributed by atoms with Gasteiger partial charge in [-0.3, -0.25) is 4.68 Å². The molecule has 0 saturated carbocycles. The largest absolute Gasteiger partial charge is 0.303 e. The molecule has 2 aromatic carbocycles. The fourth-order valence-electron chi connectivity index (χ4n) is 3.90. The van der Waals surface area contributed by atoms with Crippen molar-refractivity contribution < 1.29 is 0 Å². The molecule has 0 aliphatic carbocycles. The molecule has 0 spiro atoms. The molecule has 0 bridgehead atoms. The van der Waals surface area contributed by atoms with Gasteiger partial charge in [0.05, 0.1) is 0 Å². The van der Waals surface area contributed by atoms with Crippen LogP contribution in [0.1, 0.15) is 41.5 Å². The minimum Gasteiger partial charge on any atom is -0.303 e. The van der Waals surface area contributed by atoms with Crippen LogP contribution >= 0.6 is 11.6 Å². The van der Waals surface area contributed by atoms with Crippen molar-refractivity contribution in [3.05, 3.63) is 82.4 Å². The van der Waals surface area contributed by atoms with Crippen molar-refractivity contribution in [3.8, 4) is 0 Å². The highest BCUT2D eigenvalue weighted by atomic mass is 35.5. The van der Waals surface area contributed by atoms with Gasteiger partial charge in [-0.25, -0.2) is 4.98 Å². The zero-order chi connectivity index (χ0) is 19.3. The molecule has 1 aromatic heterocycles. The zero-order valence-electron chi connectivity index (χ0n) is 16.4. The number of piperidine rings is 1. The fraction of sp³-hybridized carbons (Fsp3) is 0.391. The molecule has 4 rings (SSSR count). The first kappa shape index (κ1) is 19.2. The predicted molar refractivity (Wildman–Crippen MR) is 114 cm³/mol. The third kappa shape index (κ3) is 4.81. The minimum absolute atomic E-state index is 0.471. The summed E-state index contributed by atoms with van der Waals surface area (Å²) >= 11 is 5.98. The molecule has 1 aliphatic heterocycles. The summed E-state index contributed by atoms with van der Waals surface area (Å²) in [6, 6.07) is 18.7. The Morgan fingerprint density at radius 1 is 0.964 bits per heavy atom. The summed E-state index contributed by atoms with van der Waals surface area (Å²) in [5.41, 5.74) is 2.63. The van der Waals surface area contributed by atoms with Crippen LogP contribution in [-0.2, 0) is 19.9 Å². The van der Waals surface area contributed by atoms with Crippen molar-refractivity contribution in [2.45, 2.75) is 31.6 Å². The van der Waals surface area contributed by atoms with Crippen molar-refractivity contribution in [1.82, 2.24) is 19.7 Å². The molecule has 1 saturated heterocycles. The van der Waals surface area contributed by atoms with Crippen molar-refractivity contribution in [1.29, 1.82) is 0 Å². The lowest BCUT2D eigenvalue weighted by atomic mass is 9.96. The molecule has 2 heterocycles. The Bertz CT molecular complexity index is 881. The summed E-state index contributed by atoms with van der Waals surface area (Å²) in [5.74, 6) is 2.50. The first-order chi connectivity index (χ1) is 13.7. The highest BCUT2D eigenvalue weighted by molar-refractivity contribution is 6.30. The van der Waals surface area contributed by atoms with Gasteiger partial charge < -0.3 is 4.90 Å². The van der Waals surface area contributed by atoms with Crippen LogP contribution in [0.15, 0.2) is 54.6 Å². The van der Waals surface area contributed by atoms with E-state index in [9.17, 15) is 0 Å². The van der Waals surface area contributed by atoms with Gasteiger partial charge in [-0.15, -0.1) is 0 Å².